The van der Waals surface area contributed by atoms with Gasteiger partial charge in [0.25, 0.3) is 11.4 Å². The van der Waals surface area contributed by atoms with Crippen LogP contribution in [0.2, 0.25) is 0 Å². The van der Waals surface area contributed by atoms with Crippen molar-refractivity contribution >= 4 is 11.4 Å². The van der Waals surface area contributed by atoms with Gasteiger partial charge >= 0.3 is 20.4 Å². The summed E-state index contributed by atoms with van der Waals surface area (Å²) in [5, 5.41) is 27.9. The fraction of sp³-hybridized carbons (Fsp3) is 0.130. The average Bonchev–Trinajstić information content (AvgIpc) is 3.56. The monoisotopic (exact) mass is 756 g/mol. The number of aliphatic hydroxyl groups excluding tert-OH is 1. The minimum Gasteiger partial charge on any atom is -1.00 e. The third-order valence-corrected chi connectivity index (χ3v) is 4.30. The van der Waals surface area contributed by atoms with E-state index in [0.29, 0.717) is 24.7 Å². The van der Waals surface area contributed by atoms with Gasteiger partial charge < -0.3 is 57.3 Å². The van der Waals surface area contributed by atoms with Crippen LogP contribution in [0.5, 0.6) is 0 Å². The molecule has 0 saturated heterocycles. The van der Waals surface area contributed by atoms with Crippen LogP contribution < -0.4 is 43.1 Å². The maximum Gasteiger partial charge on any atom is 2.00 e. The third-order valence-electron chi connectivity index (χ3n) is 4.30. The van der Waals surface area contributed by atoms with Crippen molar-refractivity contribution < 1.29 is 78.5 Å². The molecule has 1 N–H and O–H groups in total. The van der Waals surface area contributed by atoms with E-state index in [1.54, 1.807) is 54.9 Å². The number of aromatic nitrogens is 6. The Morgan fingerprint density at radius 2 is 1.21 bits per heavy atom. The van der Waals surface area contributed by atoms with Crippen molar-refractivity contribution in [3.05, 3.63) is 120 Å². The van der Waals surface area contributed by atoms with E-state index < -0.39 is 9.85 Å². The summed E-state index contributed by atoms with van der Waals surface area (Å²) in [6, 6.07) is 5.97. The summed E-state index contributed by atoms with van der Waals surface area (Å²) in [5.41, 5.74) is -0.0558. The Morgan fingerprint density at radius 1 is 0.846 bits per heavy atom. The number of nitrogens with zero attached hydrogens (tertiary/aromatic N) is 8. The van der Waals surface area contributed by atoms with Crippen LogP contribution >= 0.6 is 0 Å². The zero-order valence-corrected chi connectivity index (χ0v) is 25.2. The van der Waals surface area contributed by atoms with Crippen molar-refractivity contribution in [1.82, 2.24) is 19.1 Å². The molecule has 0 atom stereocenters. The van der Waals surface area contributed by atoms with Gasteiger partial charge in [0.05, 0.1) is 35.3 Å². The molecule has 0 bridgehead atoms. The molecular formula is C23H24Br2N8O5Pd. The number of nitro groups is 2. The Kier molecular flexibility index (Phi) is 19.0. The largest absolute Gasteiger partial charge is 2.00 e. The van der Waals surface area contributed by atoms with E-state index in [0.717, 1.165) is 7.11 Å². The molecule has 0 aliphatic heterocycles. The zero-order chi connectivity index (χ0) is 26.5. The predicted molar refractivity (Wildman–Crippen MR) is 127 cm³/mol. The first-order valence-corrected chi connectivity index (χ1v) is 10.3. The normalized spacial score (nSPS) is 8.97. The standard InChI is InChI=1S/2C11H10N4O2.CH4O.2BrH.Pd/c2*1-2-5-13-6-7-14(9-13)11-4-3-10(8-12-11)15(16)17;1-2;;;/h2*2-4,6-8H,1,5H2;2H,1H3;2*1H;/q;;;;;+2/p-2. The maximum absolute atomic E-state index is 10.5. The van der Waals surface area contributed by atoms with Gasteiger partial charge in [0.1, 0.15) is 11.6 Å². The first-order chi connectivity index (χ1) is 17.4. The molecule has 0 aliphatic rings. The van der Waals surface area contributed by atoms with Crippen molar-refractivity contribution in [2.45, 2.75) is 13.1 Å². The summed E-state index contributed by atoms with van der Waals surface area (Å²) < 4.78 is 6.92. The second kappa shape index (κ2) is 19.6. The molecule has 210 valence electrons. The molecule has 0 spiro atoms. The summed E-state index contributed by atoms with van der Waals surface area (Å²) in [5.74, 6) is 1.16. The topological polar surface area (TPSA) is 150 Å². The van der Waals surface area contributed by atoms with E-state index in [1.807, 2.05) is 12.4 Å². The van der Waals surface area contributed by atoms with Crippen LogP contribution in [-0.4, -0.2) is 41.2 Å². The van der Waals surface area contributed by atoms with Crippen LogP contribution in [0.3, 0.4) is 0 Å². The van der Waals surface area contributed by atoms with Gasteiger partial charge in [-0.1, -0.05) is 25.3 Å². The van der Waals surface area contributed by atoms with Crippen molar-refractivity contribution in [3.8, 4) is 11.6 Å². The molecule has 0 aromatic carbocycles. The third kappa shape index (κ3) is 11.5. The van der Waals surface area contributed by atoms with Gasteiger partial charge in [-0.15, -0.1) is 0 Å². The zero-order valence-electron chi connectivity index (χ0n) is 20.5. The molecule has 13 nitrogen and oxygen atoms in total. The minimum atomic E-state index is -0.478. The van der Waals surface area contributed by atoms with Crippen LogP contribution in [0.4, 0.5) is 11.4 Å². The first-order valence-electron chi connectivity index (χ1n) is 10.3. The van der Waals surface area contributed by atoms with Crippen LogP contribution in [0.25, 0.3) is 11.6 Å². The Labute approximate surface area is 259 Å². The SMILES string of the molecule is C=CC[n+]1[c-]n(-c2ccc([N+](=O)[O-])cn2)cc1.C=CC[n+]1[c-]n(-c2ccc([N+](=O)[O-])cn2)cc1.CO.[Br-].[Br-].[Pd+2]. The minimum absolute atomic E-state index is 0. The molecule has 39 heavy (non-hydrogen) atoms. The predicted octanol–water partition coefficient (Wildman–Crippen LogP) is -4.28. The van der Waals surface area contributed by atoms with Gasteiger partial charge in [0.15, 0.2) is 0 Å². The van der Waals surface area contributed by atoms with E-state index in [1.165, 1.54) is 24.5 Å². The molecule has 0 radical (unpaired) electrons. The number of aliphatic hydroxyl groups is 1. The molecule has 4 rings (SSSR count). The fourth-order valence-electron chi connectivity index (χ4n) is 2.70. The first kappa shape index (κ1) is 37.7. The molecule has 0 fully saturated rings. The fourth-order valence-corrected chi connectivity index (χ4v) is 2.70. The van der Waals surface area contributed by atoms with Crippen molar-refractivity contribution in [1.29, 1.82) is 0 Å². The average molecular weight is 759 g/mol. The van der Waals surface area contributed by atoms with Crippen LogP contribution in [-0.2, 0) is 33.5 Å². The second-order valence-corrected chi connectivity index (χ2v) is 6.68. The number of hydrogen-bond donors (Lipinski definition) is 1. The van der Waals surface area contributed by atoms with E-state index >= 15 is 0 Å². The molecule has 4 aromatic heterocycles. The molecule has 0 saturated carbocycles. The number of halogens is 2. The quantitative estimate of drug-likeness (QED) is 0.0478. The van der Waals surface area contributed by atoms with Crippen molar-refractivity contribution in [2.75, 3.05) is 7.11 Å². The molecule has 0 aliphatic carbocycles. The molecule has 4 aromatic rings. The Balaban J connectivity index is 0. The van der Waals surface area contributed by atoms with E-state index in [9.17, 15) is 20.2 Å². The number of pyridine rings is 2. The van der Waals surface area contributed by atoms with Gasteiger partial charge in [-0.3, -0.25) is 30.2 Å². The maximum atomic E-state index is 10.5. The molecule has 16 heteroatoms. The van der Waals surface area contributed by atoms with E-state index in [2.05, 4.69) is 35.8 Å². The number of imidazole rings is 2. The second-order valence-electron chi connectivity index (χ2n) is 6.68. The Hall–Kier alpha value is -3.42. The van der Waals surface area contributed by atoms with Crippen LogP contribution in [0.1, 0.15) is 0 Å². The summed E-state index contributed by atoms with van der Waals surface area (Å²) in [6.45, 7) is 8.56. The summed E-state index contributed by atoms with van der Waals surface area (Å²) in [6.07, 6.45) is 19.2. The molecule has 0 amide bonds. The molecular weight excluding hydrogens is 735 g/mol. The number of hydrogen-bond acceptors (Lipinski definition) is 7. The smallest absolute Gasteiger partial charge is 1.00 e. The van der Waals surface area contributed by atoms with Crippen molar-refractivity contribution in [2.24, 2.45) is 0 Å². The number of allylic oxidation sites excluding steroid dienone is 2. The summed E-state index contributed by atoms with van der Waals surface area (Å²) in [4.78, 5) is 28.0. The summed E-state index contributed by atoms with van der Waals surface area (Å²) in [7, 11) is 1.00. The molecule has 0 unspecified atom stereocenters. The van der Waals surface area contributed by atoms with Gasteiger partial charge in [-0.2, -0.15) is 0 Å². The Bertz CT molecular complexity index is 1210. The van der Waals surface area contributed by atoms with Crippen molar-refractivity contribution in [3.63, 3.8) is 0 Å². The van der Waals surface area contributed by atoms with E-state index in [4.69, 9.17) is 5.11 Å². The van der Waals surface area contributed by atoms with E-state index in [-0.39, 0.29) is 65.8 Å². The van der Waals surface area contributed by atoms with Gasteiger partial charge in [-0.25, -0.2) is 0 Å². The van der Waals surface area contributed by atoms with Gasteiger partial charge in [-0.05, 0) is 12.1 Å². The Morgan fingerprint density at radius 3 is 1.46 bits per heavy atom. The number of rotatable bonds is 8. The van der Waals surface area contributed by atoms with Crippen LogP contribution in [0.15, 0.2) is 86.8 Å². The molecule has 4 heterocycles. The van der Waals surface area contributed by atoms with Crippen LogP contribution in [0, 0.1) is 32.9 Å². The van der Waals surface area contributed by atoms with Gasteiger partial charge in [0, 0.05) is 44.0 Å². The van der Waals surface area contributed by atoms with Gasteiger partial charge in [0.2, 0.25) is 12.7 Å². The summed E-state index contributed by atoms with van der Waals surface area (Å²) >= 11 is 0.